The van der Waals surface area contributed by atoms with Crippen LogP contribution in [0.25, 0.3) is 0 Å². The number of anilines is 1. The average Bonchev–Trinajstić information content (AvgIpc) is 2.44. The molecule has 0 atom stereocenters. The molecule has 0 aromatic heterocycles. The van der Waals surface area contributed by atoms with Crippen LogP contribution in [0.4, 0.5) is 24.5 Å². The van der Waals surface area contributed by atoms with Gasteiger partial charge in [0.2, 0.25) is 0 Å². The summed E-state index contributed by atoms with van der Waals surface area (Å²) in [6.07, 6.45) is -2.79. The first kappa shape index (κ1) is 18.0. The fraction of sp³-hybridized carbons (Fsp3) is 0.417. The normalized spacial score (nSPS) is 10.9. The number of alkyl halides is 3. The number of nitro groups is 1. The van der Waals surface area contributed by atoms with Gasteiger partial charge in [0.1, 0.15) is 5.69 Å². The second-order valence-corrected chi connectivity index (χ2v) is 4.75. The molecular weight excluding hydrogens is 321 g/mol. The van der Waals surface area contributed by atoms with E-state index in [1.165, 1.54) is 0 Å². The van der Waals surface area contributed by atoms with Crippen molar-refractivity contribution in [3.63, 3.8) is 0 Å². The maximum atomic E-state index is 12.6. The molecule has 0 spiro atoms. The topological polar surface area (TPSA) is 79.2 Å². The van der Waals surface area contributed by atoms with Gasteiger partial charge in [-0.3, -0.25) is 21.0 Å². The minimum absolute atomic E-state index is 0.113. The Balaban J connectivity index is 2.78. The molecule has 0 saturated heterocycles. The molecule has 0 bridgehead atoms. The van der Waals surface area contributed by atoms with Crippen LogP contribution in [0.5, 0.6) is 0 Å². The zero-order valence-electron chi connectivity index (χ0n) is 11.7. The lowest BCUT2D eigenvalue weighted by Gasteiger charge is -2.13. The number of thiocarbonyl (C=S) groups is 1. The predicted molar refractivity (Wildman–Crippen MR) is 80.4 cm³/mol. The summed E-state index contributed by atoms with van der Waals surface area (Å²) in [5.41, 5.74) is 3.03. The zero-order valence-corrected chi connectivity index (χ0v) is 12.5. The van der Waals surface area contributed by atoms with Crippen LogP contribution in [-0.4, -0.2) is 16.6 Å². The number of nitrogens with zero attached hydrogens (tertiary/aromatic N) is 1. The van der Waals surface area contributed by atoms with E-state index >= 15 is 0 Å². The number of nitrogens with one attached hydrogen (secondary N) is 3. The Labute approximate surface area is 130 Å². The lowest BCUT2D eigenvalue weighted by Crippen LogP contribution is -2.39. The van der Waals surface area contributed by atoms with Gasteiger partial charge in [-0.15, -0.1) is 0 Å². The molecule has 22 heavy (non-hydrogen) atoms. The van der Waals surface area contributed by atoms with Crippen LogP contribution < -0.4 is 16.2 Å². The summed E-state index contributed by atoms with van der Waals surface area (Å²) in [6.45, 7) is 2.63. The molecule has 0 amide bonds. The summed E-state index contributed by atoms with van der Waals surface area (Å²) in [5.74, 6) is 0. The summed E-state index contributed by atoms with van der Waals surface area (Å²) in [5, 5.41) is 13.9. The van der Waals surface area contributed by atoms with Crippen molar-refractivity contribution in [3.05, 3.63) is 33.9 Å². The van der Waals surface area contributed by atoms with E-state index < -0.39 is 22.4 Å². The first-order valence-electron chi connectivity index (χ1n) is 6.41. The molecule has 0 fully saturated rings. The van der Waals surface area contributed by atoms with E-state index in [4.69, 9.17) is 12.2 Å². The van der Waals surface area contributed by atoms with Gasteiger partial charge in [0.15, 0.2) is 5.11 Å². The number of hydrogen-bond acceptors (Lipinski definition) is 4. The van der Waals surface area contributed by atoms with Crippen LogP contribution >= 0.6 is 12.2 Å². The second kappa shape index (κ2) is 7.78. The molecule has 0 aliphatic heterocycles. The van der Waals surface area contributed by atoms with Crippen molar-refractivity contribution in [1.29, 1.82) is 0 Å². The second-order valence-electron chi connectivity index (χ2n) is 4.35. The van der Waals surface area contributed by atoms with Gasteiger partial charge >= 0.3 is 6.18 Å². The summed E-state index contributed by atoms with van der Waals surface area (Å²) >= 11 is 4.93. The molecule has 0 saturated carbocycles. The highest BCUT2D eigenvalue weighted by Gasteiger charge is 2.33. The Morgan fingerprint density at radius 3 is 2.64 bits per heavy atom. The number of nitro benzene ring substituents is 1. The summed E-state index contributed by atoms with van der Waals surface area (Å²) in [4.78, 5) is 9.98. The van der Waals surface area contributed by atoms with Gasteiger partial charge in [0.05, 0.1) is 10.5 Å². The fourth-order valence-electron chi connectivity index (χ4n) is 1.51. The van der Waals surface area contributed by atoms with Crippen LogP contribution in [-0.2, 0) is 6.18 Å². The third-order valence-electron chi connectivity index (χ3n) is 2.65. The van der Waals surface area contributed by atoms with E-state index in [1.807, 2.05) is 6.92 Å². The van der Waals surface area contributed by atoms with Crippen molar-refractivity contribution in [2.75, 3.05) is 12.0 Å². The zero-order chi connectivity index (χ0) is 16.8. The predicted octanol–water partition coefficient (Wildman–Crippen LogP) is 3.20. The van der Waals surface area contributed by atoms with E-state index in [1.54, 1.807) is 0 Å². The smallest absolute Gasteiger partial charge is 0.361 e. The SMILES string of the molecule is CCCCNC(=S)NNc1ccc(C(F)(F)F)cc1[N+](=O)[O-]. The maximum Gasteiger partial charge on any atom is 0.416 e. The van der Waals surface area contributed by atoms with Crippen LogP contribution in [0, 0.1) is 10.1 Å². The summed E-state index contributed by atoms with van der Waals surface area (Å²) in [7, 11) is 0. The van der Waals surface area contributed by atoms with E-state index in [0.717, 1.165) is 25.0 Å². The average molecular weight is 336 g/mol. The monoisotopic (exact) mass is 336 g/mol. The van der Waals surface area contributed by atoms with Gasteiger partial charge < -0.3 is 5.32 Å². The Morgan fingerprint density at radius 2 is 2.09 bits per heavy atom. The molecule has 0 radical (unpaired) electrons. The number of hydrazine groups is 1. The molecule has 1 aromatic carbocycles. The number of halogens is 3. The number of rotatable bonds is 6. The van der Waals surface area contributed by atoms with Gasteiger partial charge in [-0.25, -0.2) is 0 Å². The highest BCUT2D eigenvalue weighted by atomic mass is 32.1. The Morgan fingerprint density at radius 1 is 1.41 bits per heavy atom. The number of benzene rings is 1. The van der Waals surface area contributed by atoms with E-state index in [2.05, 4.69) is 16.2 Å². The van der Waals surface area contributed by atoms with Crippen LogP contribution in [0.2, 0.25) is 0 Å². The first-order chi connectivity index (χ1) is 10.3. The van der Waals surface area contributed by atoms with Crippen molar-refractivity contribution < 1.29 is 18.1 Å². The van der Waals surface area contributed by atoms with Crippen LogP contribution in [0.1, 0.15) is 25.3 Å². The van der Waals surface area contributed by atoms with Gasteiger partial charge in [-0.2, -0.15) is 13.2 Å². The fourth-order valence-corrected chi connectivity index (χ4v) is 1.66. The molecule has 0 heterocycles. The van der Waals surface area contributed by atoms with Crippen molar-refractivity contribution in [3.8, 4) is 0 Å². The molecule has 0 aliphatic rings. The highest BCUT2D eigenvalue weighted by Crippen LogP contribution is 2.34. The Kier molecular flexibility index (Phi) is 6.35. The van der Waals surface area contributed by atoms with Crippen molar-refractivity contribution in [1.82, 2.24) is 10.7 Å². The molecule has 122 valence electrons. The van der Waals surface area contributed by atoms with E-state index in [0.29, 0.717) is 12.6 Å². The first-order valence-corrected chi connectivity index (χ1v) is 6.82. The number of unbranched alkanes of at least 4 members (excludes halogenated alkanes) is 1. The summed E-state index contributed by atoms with van der Waals surface area (Å²) in [6, 6.07) is 2.20. The molecule has 6 nitrogen and oxygen atoms in total. The number of hydrogen-bond donors (Lipinski definition) is 3. The molecule has 0 aliphatic carbocycles. The third-order valence-corrected chi connectivity index (χ3v) is 2.89. The minimum Gasteiger partial charge on any atom is -0.361 e. The molecule has 1 aromatic rings. The van der Waals surface area contributed by atoms with Gasteiger partial charge in [-0.05, 0) is 30.8 Å². The summed E-state index contributed by atoms with van der Waals surface area (Å²) < 4.78 is 37.7. The molecular formula is C12H15F3N4O2S. The quantitative estimate of drug-likeness (QED) is 0.320. The van der Waals surface area contributed by atoms with E-state index in [9.17, 15) is 23.3 Å². The molecule has 3 N–H and O–H groups in total. The molecule has 0 unspecified atom stereocenters. The van der Waals surface area contributed by atoms with Gasteiger partial charge in [-0.1, -0.05) is 13.3 Å². The molecule has 10 heteroatoms. The van der Waals surface area contributed by atoms with Gasteiger partial charge in [0.25, 0.3) is 5.69 Å². The lowest BCUT2D eigenvalue weighted by atomic mass is 10.1. The van der Waals surface area contributed by atoms with Crippen molar-refractivity contribution in [2.24, 2.45) is 0 Å². The highest BCUT2D eigenvalue weighted by molar-refractivity contribution is 7.80. The van der Waals surface area contributed by atoms with E-state index in [-0.39, 0.29) is 10.8 Å². The third kappa shape index (κ3) is 5.35. The Hall–Kier alpha value is -2.10. The Bertz CT molecular complexity index is 552. The standard InChI is InChI=1S/C12H15F3N4O2S/c1-2-3-6-16-11(22)18-17-9-5-4-8(12(13,14)15)7-10(9)19(20)21/h4-5,7,17H,2-3,6H2,1H3,(H2,16,18,22). The van der Waals surface area contributed by atoms with Crippen LogP contribution in [0.3, 0.4) is 0 Å². The molecule has 1 rings (SSSR count). The van der Waals surface area contributed by atoms with Crippen LogP contribution in [0.15, 0.2) is 18.2 Å². The minimum atomic E-state index is -4.65. The van der Waals surface area contributed by atoms with Gasteiger partial charge in [0, 0.05) is 12.6 Å². The lowest BCUT2D eigenvalue weighted by molar-refractivity contribution is -0.384. The largest absolute Gasteiger partial charge is 0.416 e. The maximum absolute atomic E-state index is 12.6. The van der Waals surface area contributed by atoms with Crippen molar-refractivity contribution >= 4 is 28.7 Å². The van der Waals surface area contributed by atoms with Crippen molar-refractivity contribution in [2.45, 2.75) is 25.9 Å².